The second-order valence-corrected chi connectivity index (χ2v) is 5.66. The molecule has 0 spiro atoms. The van der Waals surface area contributed by atoms with Gasteiger partial charge in [-0.25, -0.2) is 0 Å². The van der Waals surface area contributed by atoms with Gasteiger partial charge < -0.3 is 19.4 Å². The number of carboxylic acids is 1. The second-order valence-electron chi connectivity index (χ2n) is 5.66. The van der Waals surface area contributed by atoms with E-state index in [1.807, 2.05) is 27.7 Å². The summed E-state index contributed by atoms with van der Waals surface area (Å²) < 4.78 is 13.0. The summed E-state index contributed by atoms with van der Waals surface area (Å²) >= 11 is 0. The molecule has 0 atom stereocenters. The number of ether oxygens (including phenoxy) is 2. The molecule has 0 fully saturated rings. The van der Waals surface area contributed by atoms with Gasteiger partial charge in [0.05, 0.1) is 23.8 Å². The first kappa shape index (κ1) is 21.0. The number of carboxylic acid groups (broad SMARTS) is 1. The van der Waals surface area contributed by atoms with Crippen molar-refractivity contribution in [3.8, 4) is 17.7 Å². The van der Waals surface area contributed by atoms with E-state index in [-0.39, 0.29) is 47.6 Å². The minimum Gasteiger partial charge on any atom is -0.544 e. The van der Waals surface area contributed by atoms with Crippen molar-refractivity contribution in [1.82, 2.24) is 9.38 Å². The maximum atomic E-state index is 11.0. The van der Waals surface area contributed by atoms with Crippen LogP contribution in [0.4, 0.5) is 0 Å². The summed E-state index contributed by atoms with van der Waals surface area (Å²) in [4.78, 5) is 15.4. The standard InChI is InChI=1S/C17H19N3O4.Na/c1-10(2)23-14-6-5-7-20-13(8-12(9-18)17(21)22)16(19-15(14)20)24-11(3)4;/h5-8,10-11H,1-4H3,(H,21,22);/q;+1/p-1/b12-8+;. The molecule has 8 heteroatoms. The summed E-state index contributed by atoms with van der Waals surface area (Å²) in [5.41, 5.74) is 0.304. The van der Waals surface area contributed by atoms with Crippen molar-refractivity contribution in [3.63, 3.8) is 0 Å². The SMILES string of the molecule is CC(C)Oc1nc2c(OC(C)C)cccn2c1/C=C(\C#N)C(=O)[O-].[Na+]. The predicted octanol–water partition coefficient (Wildman–Crippen LogP) is -1.43. The van der Waals surface area contributed by atoms with E-state index >= 15 is 0 Å². The molecule has 0 aliphatic rings. The van der Waals surface area contributed by atoms with Crippen LogP contribution >= 0.6 is 0 Å². The third-order valence-corrected chi connectivity index (χ3v) is 2.95. The van der Waals surface area contributed by atoms with Gasteiger partial charge in [-0.2, -0.15) is 10.2 Å². The molecule has 0 aliphatic carbocycles. The van der Waals surface area contributed by atoms with Gasteiger partial charge >= 0.3 is 29.6 Å². The zero-order chi connectivity index (χ0) is 17.9. The number of hydrogen-bond acceptors (Lipinski definition) is 6. The zero-order valence-corrected chi connectivity index (χ0v) is 16.9. The summed E-state index contributed by atoms with van der Waals surface area (Å²) in [5.74, 6) is -0.802. The molecule has 126 valence electrons. The number of aliphatic carboxylic acids is 1. The third kappa shape index (κ3) is 4.98. The first-order chi connectivity index (χ1) is 11.3. The maximum absolute atomic E-state index is 11.0. The first-order valence-electron chi connectivity index (χ1n) is 7.51. The van der Waals surface area contributed by atoms with Gasteiger partial charge in [-0.15, -0.1) is 0 Å². The Bertz CT molecular complexity index is 834. The van der Waals surface area contributed by atoms with Crippen LogP contribution in [0.3, 0.4) is 0 Å². The quantitative estimate of drug-likeness (QED) is 0.359. The van der Waals surface area contributed by atoms with E-state index in [9.17, 15) is 9.90 Å². The average Bonchev–Trinajstić information content (AvgIpc) is 2.81. The number of aromatic nitrogens is 2. The minimum absolute atomic E-state index is 0. The molecule has 2 heterocycles. The van der Waals surface area contributed by atoms with E-state index < -0.39 is 11.5 Å². The molecule has 0 saturated carbocycles. The van der Waals surface area contributed by atoms with Crippen molar-refractivity contribution in [2.75, 3.05) is 0 Å². The van der Waals surface area contributed by atoms with E-state index in [1.54, 1.807) is 28.8 Å². The molecular formula is C17H18N3NaO4. The molecule has 7 nitrogen and oxygen atoms in total. The molecule has 0 saturated heterocycles. The van der Waals surface area contributed by atoms with Crippen LogP contribution in [-0.4, -0.2) is 27.6 Å². The fraction of sp³-hybridized carbons (Fsp3) is 0.353. The Morgan fingerprint density at radius 2 is 1.96 bits per heavy atom. The van der Waals surface area contributed by atoms with Gasteiger partial charge in [0.15, 0.2) is 11.4 Å². The zero-order valence-electron chi connectivity index (χ0n) is 14.9. The van der Waals surface area contributed by atoms with Crippen LogP contribution in [0.25, 0.3) is 11.7 Å². The molecule has 25 heavy (non-hydrogen) atoms. The van der Waals surface area contributed by atoms with Crippen molar-refractivity contribution >= 4 is 17.7 Å². The predicted molar refractivity (Wildman–Crippen MR) is 85.3 cm³/mol. The molecule has 0 radical (unpaired) electrons. The van der Waals surface area contributed by atoms with E-state index in [1.165, 1.54) is 6.08 Å². The number of carbonyl (C=O) groups is 1. The summed E-state index contributed by atoms with van der Waals surface area (Å²) in [6.07, 6.45) is 2.65. The number of carbonyl (C=O) groups excluding carboxylic acids is 1. The Labute approximate surface area is 168 Å². The van der Waals surface area contributed by atoms with Gasteiger partial charge in [0.2, 0.25) is 5.88 Å². The van der Waals surface area contributed by atoms with Gasteiger partial charge in [0.1, 0.15) is 11.8 Å². The minimum atomic E-state index is -1.56. The van der Waals surface area contributed by atoms with Crippen LogP contribution in [0.2, 0.25) is 0 Å². The Hall–Kier alpha value is -2.01. The van der Waals surface area contributed by atoms with E-state index in [4.69, 9.17) is 14.7 Å². The smallest absolute Gasteiger partial charge is 0.544 e. The number of pyridine rings is 1. The van der Waals surface area contributed by atoms with Crippen LogP contribution in [0.15, 0.2) is 23.9 Å². The molecule has 0 N–H and O–H groups in total. The summed E-state index contributed by atoms with van der Waals surface area (Å²) in [6.45, 7) is 7.44. The monoisotopic (exact) mass is 351 g/mol. The molecule has 2 rings (SSSR count). The van der Waals surface area contributed by atoms with Gasteiger partial charge in [-0.05, 0) is 45.9 Å². The largest absolute Gasteiger partial charge is 1.00 e. The van der Waals surface area contributed by atoms with Crippen LogP contribution in [0, 0.1) is 11.3 Å². The average molecular weight is 351 g/mol. The van der Waals surface area contributed by atoms with Crippen LogP contribution in [0.5, 0.6) is 11.6 Å². The van der Waals surface area contributed by atoms with Crippen LogP contribution < -0.4 is 44.1 Å². The van der Waals surface area contributed by atoms with Gasteiger partial charge in [0.25, 0.3) is 0 Å². The number of rotatable bonds is 6. The van der Waals surface area contributed by atoms with E-state index in [0.29, 0.717) is 17.1 Å². The Balaban J connectivity index is 0.00000312. The van der Waals surface area contributed by atoms with Crippen molar-refractivity contribution in [3.05, 3.63) is 29.6 Å². The van der Waals surface area contributed by atoms with Crippen molar-refractivity contribution in [2.45, 2.75) is 39.9 Å². The van der Waals surface area contributed by atoms with Crippen molar-refractivity contribution < 1.29 is 48.9 Å². The summed E-state index contributed by atoms with van der Waals surface area (Å²) in [5, 5.41) is 20.0. The van der Waals surface area contributed by atoms with Gasteiger partial charge in [-0.3, -0.25) is 4.40 Å². The van der Waals surface area contributed by atoms with Crippen molar-refractivity contribution in [2.24, 2.45) is 0 Å². The normalized spacial score (nSPS) is 11.3. The number of imidazole rings is 1. The topological polar surface area (TPSA) is 99.7 Å². The molecule has 0 bridgehead atoms. The number of fused-ring (bicyclic) bond motifs is 1. The number of nitriles is 1. The summed E-state index contributed by atoms with van der Waals surface area (Å²) in [6, 6.07) is 5.11. The molecule has 2 aromatic heterocycles. The van der Waals surface area contributed by atoms with Gasteiger partial charge in [-0.1, -0.05) is 0 Å². The maximum Gasteiger partial charge on any atom is 1.00 e. The number of hydrogen-bond donors (Lipinski definition) is 0. The molecule has 0 amide bonds. The van der Waals surface area contributed by atoms with E-state index in [2.05, 4.69) is 4.98 Å². The molecular weight excluding hydrogens is 333 g/mol. The second kappa shape index (κ2) is 8.90. The first-order valence-corrected chi connectivity index (χ1v) is 7.51. The Kier molecular flexibility index (Phi) is 7.49. The Morgan fingerprint density at radius 1 is 1.32 bits per heavy atom. The fourth-order valence-corrected chi connectivity index (χ4v) is 2.10. The van der Waals surface area contributed by atoms with Gasteiger partial charge in [0, 0.05) is 6.20 Å². The molecule has 0 unspecified atom stereocenters. The number of nitrogens with zero attached hydrogens (tertiary/aromatic N) is 3. The molecule has 0 aromatic carbocycles. The van der Waals surface area contributed by atoms with E-state index in [0.717, 1.165) is 0 Å². The van der Waals surface area contributed by atoms with Crippen LogP contribution in [-0.2, 0) is 4.79 Å². The molecule has 2 aromatic rings. The third-order valence-electron chi connectivity index (χ3n) is 2.95. The molecule has 0 aliphatic heterocycles. The Morgan fingerprint density at radius 3 is 2.48 bits per heavy atom. The summed E-state index contributed by atoms with van der Waals surface area (Å²) in [7, 11) is 0. The van der Waals surface area contributed by atoms with Crippen LogP contribution in [0.1, 0.15) is 33.4 Å². The van der Waals surface area contributed by atoms with Crippen molar-refractivity contribution in [1.29, 1.82) is 5.26 Å². The fourth-order valence-electron chi connectivity index (χ4n) is 2.10.